The smallest absolute Gasteiger partial charge is 0.294 e. The van der Waals surface area contributed by atoms with Gasteiger partial charge in [-0.2, -0.15) is 13.2 Å². The van der Waals surface area contributed by atoms with Crippen LogP contribution in [0.4, 0.5) is 33.7 Å². The van der Waals surface area contributed by atoms with Gasteiger partial charge in [-0.15, -0.1) is 0 Å². The first-order valence-electron chi connectivity index (χ1n) is 10.1. The van der Waals surface area contributed by atoms with Gasteiger partial charge in [-0.1, -0.05) is 19.9 Å². The molecule has 0 bridgehead atoms. The number of benzene rings is 2. The Morgan fingerprint density at radius 2 is 1.48 bits per heavy atom. The number of Topliss-reactive ketones (excluding diaryl/α,β-unsaturated/α-hetero) is 1. The summed E-state index contributed by atoms with van der Waals surface area (Å²) in [5.74, 6) is -1.18. The maximum atomic E-state index is 14.4. The number of hydrogen-bond acceptors (Lipinski definition) is 2. The van der Waals surface area contributed by atoms with E-state index in [9.17, 15) is 27.2 Å². The fourth-order valence-corrected chi connectivity index (χ4v) is 4.26. The van der Waals surface area contributed by atoms with Crippen LogP contribution in [-0.2, 0) is 6.18 Å². The molecule has 1 aliphatic rings. The Balaban J connectivity index is 2.09. The van der Waals surface area contributed by atoms with Crippen LogP contribution in [0, 0.1) is 12.7 Å². The van der Waals surface area contributed by atoms with Gasteiger partial charge in [0.05, 0.1) is 23.2 Å². The number of carbonyl (C=O) groups excluding carboxylic acids is 2. The summed E-state index contributed by atoms with van der Waals surface area (Å²) < 4.78 is 54.8. The Morgan fingerprint density at radius 1 is 0.968 bits per heavy atom. The summed E-state index contributed by atoms with van der Waals surface area (Å²) in [6.45, 7) is 6.34. The van der Waals surface area contributed by atoms with E-state index < -0.39 is 35.4 Å². The van der Waals surface area contributed by atoms with Gasteiger partial charge in [-0.05, 0) is 62.6 Å². The van der Waals surface area contributed by atoms with Crippen molar-refractivity contribution in [2.24, 2.45) is 0 Å². The lowest BCUT2D eigenvalue weighted by atomic mass is 10.0. The van der Waals surface area contributed by atoms with E-state index in [2.05, 4.69) is 0 Å². The molecule has 4 nitrogen and oxygen atoms in total. The van der Waals surface area contributed by atoms with Crippen molar-refractivity contribution in [3.8, 4) is 0 Å². The normalized spacial score (nSPS) is 19.3. The van der Waals surface area contributed by atoms with Gasteiger partial charge < -0.3 is 0 Å². The molecule has 8 heteroatoms. The summed E-state index contributed by atoms with van der Waals surface area (Å²) in [6.07, 6.45) is -3.52. The zero-order chi connectivity index (χ0) is 23.1. The number of rotatable bonds is 5. The number of aryl methyl sites for hydroxylation is 1. The largest absolute Gasteiger partial charge is 0.416 e. The lowest BCUT2D eigenvalue weighted by Gasteiger charge is -2.26. The highest BCUT2D eigenvalue weighted by Gasteiger charge is 2.46. The highest BCUT2D eigenvalue weighted by atomic mass is 19.4. The third-order valence-corrected chi connectivity index (χ3v) is 5.77. The minimum atomic E-state index is -4.54. The monoisotopic (exact) mass is 436 g/mol. The molecule has 2 amide bonds. The molecule has 0 aromatic heterocycles. The van der Waals surface area contributed by atoms with Crippen LogP contribution in [0.5, 0.6) is 0 Å². The fraction of sp³-hybridized carbons (Fsp3) is 0.391. The van der Waals surface area contributed by atoms with Crippen LogP contribution in [0.15, 0.2) is 36.4 Å². The molecule has 0 aliphatic carbocycles. The summed E-state index contributed by atoms with van der Waals surface area (Å²) in [5.41, 5.74) is -0.390. The van der Waals surface area contributed by atoms with E-state index in [1.54, 1.807) is 0 Å². The SMILES string of the molecule is CC[C@H]1[C@H](CC)N(c2ccc(C)c(C(F)(F)F)c2)C(=O)N1c1ccc(C(C)=O)c(F)c1. The molecular weight excluding hydrogens is 412 g/mol. The van der Waals surface area contributed by atoms with Crippen molar-refractivity contribution in [1.29, 1.82) is 0 Å². The topological polar surface area (TPSA) is 40.6 Å². The van der Waals surface area contributed by atoms with Gasteiger partial charge >= 0.3 is 12.2 Å². The Morgan fingerprint density at radius 3 is 1.94 bits per heavy atom. The van der Waals surface area contributed by atoms with E-state index >= 15 is 0 Å². The molecular formula is C23H24F4N2O2. The Labute approximate surface area is 178 Å². The molecule has 1 fully saturated rings. The van der Waals surface area contributed by atoms with Crippen LogP contribution < -0.4 is 9.80 Å². The molecule has 1 saturated heterocycles. The summed E-state index contributed by atoms with van der Waals surface area (Å²) >= 11 is 0. The van der Waals surface area contributed by atoms with Crippen molar-refractivity contribution in [3.63, 3.8) is 0 Å². The van der Waals surface area contributed by atoms with E-state index in [0.717, 1.165) is 12.1 Å². The van der Waals surface area contributed by atoms with Crippen molar-refractivity contribution in [1.82, 2.24) is 0 Å². The average Bonchev–Trinajstić information content (AvgIpc) is 2.98. The molecule has 3 rings (SSSR count). The zero-order valence-electron chi connectivity index (χ0n) is 17.8. The standard InChI is InChI=1S/C23H24F4N2O2/c1-5-20-21(6-2)29(16-9-10-17(14(4)30)19(24)12-16)22(31)28(20)15-8-7-13(3)18(11-15)23(25,26)27/h7-12,20-21H,5-6H2,1-4H3/t20-,21-/m0/s1. The molecule has 2 aromatic rings. The average molecular weight is 436 g/mol. The maximum Gasteiger partial charge on any atom is 0.416 e. The van der Waals surface area contributed by atoms with Crippen molar-refractivity contribution in [3.05, 3.63) is 58.9 Å². The van der Waals surface area contributed by atoms with E-state index in [4.69, 9.17) is 0 Å². The Kier molecular flexibility index (Phi) is 6.11. The molecule has 0 saturated carbocycles. The third kappa shape index (κ3) is 4.03. The molecule has 2 aromatic carbocycles. The summed E-state index contributed by atoms with van der Waals surface area (Å²) in [7, 11) is 0. The number of nitrogens with zero attached hydrogens (tertiary/aromatic N) is 2. The van der Waals surface area contributed by atoms with Crippen LogP contribution in [0.25, 0.3) is 0 Å². The molecule has 1 aliphatic heterocycles. The van der Waals surface area contributed by atoms with Gasteiger partial charge in [0.15, 0.2) is 5.78 Å². The van der Waals surface area contributed by atoms with E-state index in [-0.39, 0.29) is 28.5 Å². The summed E-state index contributed by atoms with van der Waals surface area (Å²) in [6, 6.07) is 6.51. The minimum Gasteiger partial charge on any atom is -0.294 e. The quantitative estimate of drug-likeness (QED) is 0.404. The molecule has 31 heavy (non-hydrogen) atoms. The van der Waals surface area contributed by atoms with Gasteiger partial charge in [0.25, 0.3) is 0 Å². The van der Waals surface area contributed by atoms with Crippen LogP contribution in [0.2, 0.25) is 0 Å². The van der Waals surface area contributed by atoms with Gasteiger partial charge in [0.2, 0.25) is 0 Å². The molecule has 0 radical (unpaired) electrons. The van der Waals surface area contributed by atoms with E-state index in [0.29, 0.717) is 12.8 Å². The highest BCUT2D eigenvalue weighted by molar-refractivity contribution is 6.08. The number of anilines is 2. The zero-order valence-corrected chi connectivity index (χ0v) is 17.8. The van der Waals surface area contributed by atoms with Crippen LogP contribution in [0.3, 0.4) is 0 Å². The van der Waals surface area contributed by atoms with E-state index in [1.165, 1.54) is 47.9 Å². The number of amides is 2. The predicted molar refractivity (Wildman–Crippen MR) is 111 cm³/mol. The Bertz CT molecular complexity index is 1020. The molecule has 0 N–H and O–H groups in total. The predicted octanol–water partition coefficient (Wildman–Crippen LogP) is 6.36. The number of halogens is 4. The number of alkyl halides is 3. The molecule has 166 valence electrons. The second kappa shape index (κ2) is 8.32. The molecule has 1 heterocycles. The van der Waals surface area contributed by atoms with Gasteiger partial charge in [-0.25, -0.2) is 9.18 Å². The Hall–Kier alpha value is -2.90. The highest BCUT2D eigenvalue weighted by Crippen LogP contribution is 2.39. The molecule has 0 unspecified atom stereocenters. The van der Waals surface area contributed by atoms with Crippen LogP contribution >= 0.6 is 0 Å². The maximum absolute atomic E-state index is 14.4. The molecule has 0 spiro atoms. The van der Waals surface area contributed by atoms with Crippen molar-refractivity contribution < 1.29 is 27.2 Å². The molecule has 2 atom stereocenters. The van der Waals surface area contributed by atoms with Crippen LogP contribution in [0.1, 0.15) is 55.1 Å². The third-order valence-electron chi connectivity index (χ3n) is 5.77. The lowest BCUT2D eigenvalue weighted by molar-refractivity contribution is -0.138. The summed E-state index contributed by atoms with van der Waals surface area (Å²) in [4.78, 5) is 27.7. The first-order chi connectivity index (χ1) is 14.5. The first kappa shape index (κ1) is 22.8. The fourth-order valence-electron chi connectivity index (χ4n) is 4.26. The summed E-state index contributed by atoms with van der Waals surface area (Å²) in [5, 5.41) is 0. The second-order valence-corrected chi connectivity index (χ2v) is 7.69. The van der Waals surface area contributed by atoms with Crippen LogP contribution in [-0.4, -0.2) is 23.9 Å². The minimum absolute atomic E-state index is 0.0711. The van der Waals surface area contributed by atoms with Crippen molar-refractivity contribution in [2.45, 2.75) is 58.8 Å². The van der Waals surface area contributed by atoms with Crippen molar-refractivity contribution >= 4 is 23.2 Å². The van der Waals surface area contributed by atoms with Gasteiger partial charge in [0, 0.05) is 11.4 Å². The van der Waals surface area contributed by atoms with Crippen molar-refractivity contribution in [2.75, 3.05) is 9.80 Å². The number of urea groups is 1. The number of carbonyl (C=O) groups is 2. The number of hydrogen-bond donors (Lipinski definition) is 0. The number of ketones is 1. The first-order valence-corrected chi connectivity index (χ1v) is 10.1. The second-order valence-electron chi connectivity index (χ2n) is 7.69. The van der Waals surface area contributed by atoms with E-state index in [1.807, 2.05) is 13.8 Å². The van der Waals surface area contributed by atoms with Gasteiger partial charge in [-0.3, -0.25) is 14.6 Å². The lowest BCUT2D eigenvalue weighted by Crippen LogP contribution is -2.36. The van der Waals surface area contributed by atoms with Gasteiger partial charge in [0.1, 0.15) is 5.82 Å².